The number of imide groups is 1. The van der Waals surface area contributed by atoms with Crippen LogP contribution in [0.1, 0.15) is 73.6 Å². The number of likely N-dealkylation sites (tertiary alicyclic amines) is 1. The number of Topliss-reactive ketones (excluding diaryl/α,β-unsaturated/α-hetero) is 1. The highest BCUT2D eigenvalue weighted by atomic mass is 32.2. The Morgan fingerprint density at radius 1 is 1.10 bits per heavy atom. The Balaban J connectivity index is 1.15. The molecular formula is C34H53N3O10S. The first kappa shape index (κ1) is 38.3. The number of ether oxygens (including phenoxy) is 5. The van der Waals surface area contributed by atoms with Crippen molar-refractivity contribution in [2.75, 3.05) is 51.5 Å². The van der Waals surface area contributed by atoms with Crippen LogP contribution in [0.25, 0.3) is 0 Å². The monoisotopic (exact) mass is 695 g/mol. The van der Waals surface area contributed by atoms with Crippen LogP contribution in [0.2, 0.25) is 0 Å². The van der Waals surface area contributed by atoms with E-state index in [9.17, 15) is 24.0 Å². The first-order valence-corrected chi connectivity index (χ1v) is 18.0. The predicted molar refractivity (Wildman–Crippen MR) is 178 cm³/mol. The Kier molecular flexibility index (Phi) is 12.8. The van der Waals surface area contributed by atoms with Crippen LogP contribution in [-0.2, 0) is 42.9 Å². The molecular weight excluding hydrogens is 642 g/mol. The van der Waals surface area contributed by atoms with Gasteiger partial charge in [-0.25, -0.2) is 4.79 Å². The first-order chi connectivity index (χ1) is 22.6. The number of methoxy groups -OCH3 is 1. The topological polar surface area (TPSA) is 165 Å². The third-order valence-electron chi connectivity index (χ3n) is 9.69. The van der Waals surface area contributed by atoms with Crippen LogP contribution in [0, 0.1) is 11.3 Å². The number of carbonyl (C=O) groups excluding carboxylic acids is 5. The van der Waals surface area contributed by atoms with E-state index >= 15 is 0 Å². The molecule has 3 heterocycles. The Bertz CT molecular complexity index is 1240. The molecule has 2 N–H and O–H groups in total. The maximum atomic E-state index is 12.8. The maximum Gasteiger partial charge on any atom is 0.414 e. The summed E-state index contributed by atoms with van der Waals surface area (Å²) in [7, 11) is 1.60. The minimum Gasteiger partial charge on any atom is -0.443 e. The summed E-state index contributed by atoms with van der Waals surface area (Å²) >= 11 is 1.26. The summed E-state index contributed by atoms with van der Waals surface area (Å²) in [5, 5.41) is 5.13. The van der Waals surface area contributed by atoms with Crippen LogP contribution in [0.15, 0.2) is 11.6 Å². The van der Waals surface area contributed by atoms with Gasteiger partial charge in [0.25, 0.3) is 0 Å². The number of nitrogens with zero attached hydrogens (tertiary/aromatic N) is 1. The van der Waals surface area contributed by atoms with Gasteiger partial charge in [0.1, 0.15) is 42.7 Å². The van der Waals surface area contributed by atoms with E-state index in [2.05, 4.69) is 37.5 Å². The molecule has 3 saturated heterocycles. The van der Waals surface area contributed by atoms with Crippen LogP contribution in [0.5, 0.6) is 0 Å². The average Bonchev–Trinajstić information content (AvgIpc) is 3.86. The molecule has 1 unspecified atom stereocenters. The van der Waals surface area contributed by atoms with E-state index < -0.39 is 41.3 Å². The summed E-state index contributed by atoms with van der Waals surface area (Å²) < 4.78 is 29.1. The highest BCUT2D eigenvalue weighted by Gasteiger charge is 2.72. The summed E-state index contributed by atoms with van der Waals surface area (Å²) in [5.41, 5.74) is -0.136. The fraction of sp³-hybridized carbons (Fsp3) is 0.794. The van der Waals surface area contributed by atoms with E-state index in [1.165, 1.54) is 22.2 Å². The van der Waals surface area contributed by atoms with Gasteiger partial charge >= 0.3 is 6.09 Å². The Morgan fingerprint density at radius 3 is 2.48 bits per heavy atom. The van der Waals surface area contributed by atoms with Crippen molar-refractivity contribution < 1.29 is 47.7 Å². The number of amides is 4. The summed E-state index contributed by atoms with van der Waals surface area (Å²) in [5.74, 6) is -0.896. The van der Waals surface area contributed by atoms with E-state index in [0.29, 0.717) is 44.6 Å². The molecule has 270 valence electrons. The molecule has 0 radical (unpaired) electrons. The van der Waals surface area contributed by atoms with Crippen molar-refractivity contribution in [2.24, 2.45) is 11.3 Å². The van der Waals surface area contributed by atoms with E-state index in [1.807, 2.05) is 0 Å². The summed E-state index contributed by atoms with van der Waals surface area (Å²) in [4.78, 5) is 64.2. The fourth-order valence-corrected chi connectivity index (χ4v) is 7.43. The molecule has 1 saturated carbocycles. The van der Waals surface area contributed by atoms with E-state index in [4.69, 9.17) is 23.7 Å². The number of carbonyl (C=O) groups is 5. The second kappa shape index (κ2) is 16.0. The van der Waals surface area contributed by atoms with Gasteiger partial charge in [-0.15, -0.1) is 0 Å². The van der Waals surface area contributed by atoms with Crippen LogP contribution in [-0.4, -0.2) is 122 Å². The maximum absolute atomic E-state index is 12.8. The number of nitrogens with one attached hydrogen (secondary N) is 2. The number of epoxide rings is 2. The summed E-state index contributed by atoms with van der Waals surface area (Å²) in [6, 6.07) is -0.600. The largest absolute Gasteiger partial charge is 0.443 e. The molecule has 4 rings (SSSR count). The summed E-state index contributed by atoms with van der Waals surface area (Å²) in [6.07, 6.45) is 3.64. The molecule has 7 atom stereocenters. The van der Waals surface area contributed by atoms with Crippen LogP contribution >= 0.6 is 11.8 Å². The lowest BCUT2D eigenvalue weighted by Gasteiger charge is -2.42. The third kappa shape index (κ3) is 9.58. The van der Waals surface area contributed by atoms with Crippen molar-refractivity contribution in [3.8, 4) is 0 Å². The van der Waals surface area contributed by atoms with Gasteiger partial charge < -0.3 is 33.9 Å². The molecule has 1 aliphatic carbocycles. The van der Waals surface area contributed by atoms with E-state index in [1.54, 1.807) is 27.9 Å². The smallest absolute Gasteiger partial charge is 0.414 e. The van der Waals surface area contributed by atoms with Crippen LogP contribution in [0.4, 0.5) is 4.79 Å². The zero-order chi connectivity index (χ0) is 35.3. The average molecular weight is 696 g/mol. The van der Waals surface area contributed by atoms with Gasteiger partial charge in [-0.1, -0.05) is 32.4 Å². The lowest BCUT2D eigenvalue weighted by Crippen LogP contribution is -2.56. The Labute approximate surface area is 287 Å². The molecule has 3 aliphatic heterocycles. The molecule has 4 amide bonds. The molecule has 14 heteroatoms. The first-order valence-electron chi connectivity index (χ1n) is 16.9. The van der Waals surface area contributed by atoms with Crippen molar-refractivity contribution in [2.45, 2.75) is 109 Å². The molecule has 48 heavy (non-hydrogen) atoms. The number of rotatable bonds is 15. The zero-order valence-electron chi connectivity index (χ0n) is 29.4. The highest BCUT2D eigenvalue weighted by Crippen LogP contribution is 2.59. The number of ketones is 1. The number of hydrogen-bond donors (Lipinski definition) is 2. The molecule has 4 aliphatic rings. The third-order valence-corrected chi connectivity index (χ3v) is 10.6. The van der Waals surface area contributed by atoms with Crippen molar-refractivity contribution in [3.63, 3.8) is 0 Å². The van der Waals surface area contributed by atoms with E-state index in [0.717, 1.165) is 6.42 Å². The van der Waals surface area contributed by atoms with E-state index in [-0.39, 0.29) is 60.7 Å². The van der Waals surface area contributed by atoms with Gasteiger partial charge in [0.05, 0.1) is 24.4 Å². The standard InChI is InChI=1S/C34H53N3O10S/c1-21(2)10-11-25-33(6,47-25)29-28(43-7)23(12-13-34(29)20-45-34)46-31(42)36-26(39)19-48-16-14-35-30(41)22-9-8-15-37(22)27(40)18-44-17-24(38)32(3,4)5/h10,22-23,25,28-29H,8-9,11-20H2,1-7H3,(H,35,41)(H,36,39,42)/t22?,23-,25-,28-,29-,33-,34+/m1/s1. The van der Waals surface area contributed by atoms with Crippen LogP contribution < -0.4 is 10.6 Å². The number of hydrogen-bond acceptors (Lipinski definition) is 11. The molecule has 0 aromatic rings. The van der Waals surface area contributed by atoms with Crippen molar-refractivity contribution in [1.82, 2.24) is 15.5 Å². The minimum atomic E-state index is -0.826. The fourth-order valence-electron chi connectivity index (χ4n) is 6.78. The minimum absolute atomic E-state index is 0.000458. The Morgan fingerprint density at radius 2 is 1.83 bits per heavy atom. The second-order valence-corrected chi connectivity index (χ2v) is 15.7. The SMILES string of the molecule is CO[C@@H]1[C@H](OC(=O)NC(=O)CSCCNC(=O)C2CCCN2C(=O)COCC(=O)C(C)(C)C)CC[C@]2(CO2)[C@H]1[C@]1(C)O[C@@H]1CC=C(C)C. The van der Waals surface area contributed by atoms with Crippen molar-refractivity contribution in [1.29, 1.82) is 0 Å². The normalized spacial score (nSPS) is 30.8. The molecule has 13 nitrogen and oxygen atoms in total. The number of alkyl carbamates (subject to hydrolysis) is 1. The van der Waals surface area contributed by atoms with Crippen molar-refractivity contribution in [3.05, 3.63) is 11.6 Å². The second-order valence-electron chi connectivity index (χ2n) is 14.6. The molecule has 0 aromatic carbocycles. The lowest BCUT2D eigenvalue weighted by atomic mass is 9.68. The zero-order valence-corrected chi connectivity index (χ0v) is 30.2. The number of allylic oxidation sites excluding steroid dienone is 1. The van der Waals surface area contributed by atoms with Gasteiger partial charge in [-0.2, -0.15) is 11.8 Å². The molecule has 0 aromatic heterocycles. The Hall–Kier alpha value is -2.52. The quantitative estimate of drug-likeness (QED) is 0.147. The lowest BCUT2D eigenvalue weighted by molar-refractivity contribution is -0.144. The van der Waals surface area contributed by atoms with Gasteiger partial charge in [0, 0.05) is 31.4 Å². The number of thioether (sulfide) groups is 1. The van der Waals surface area contributed by atoms with Crippen LogP contribution in [0.3, 0.4) is 0 Å². The van der Waals surface area contributed by atoms with Gasteiger partial charge in [0.2, 0.25) is 17.7 Å². The van der Waals surface area contributed by atoms with Crippen molar-refractivity contribution >= 4 is 41.4 Å². The molecule has 4 fully saturated rings. The summed E-state index contributed by atoms with van der Waals surface area (Å²) in [6.45, 7) is 12.5. The van der Waals surface area contributed by atoms with Gasteiger partial charge in [-0.05, 0) is 52.9 Å². The highest BCUT2D eigenvalue weighted by molar-refractivity contribution is 7.99. The van der Waals surface area contributed by atoms with Gasteiger partial charge in [0.15, 0.2) is 5.78 Å². The van der Waals surface area contributed by atoms with Gasteiger partial charge in [-0.3, -0.25) is 24.5 Å². The molecule has 0 bridgehead atoms. The predicted octanol–water partition coefficient (Wildman–Crippen LogP) is 2.79. The molecule has 1 spiro atoms.